The smallest absolute Gasteiger partial charge is 0.208 e. The van der Waals surface area contributed by atoms with Crippen LogP contribution in [0.1, 0.15) is 11.3 Å². The molecule has 0 amide bonds. The highest BCUT2D eigenvalue weighted by Crippen LogP contribution is 2.29. The number of oxime groups is 1. The van der Waals surface area contributed by atoms with Crippen LogP contribution in [-0.2, 0) is 7.05 Å². The Balaban J connectivity index is 1.61. The molecule has 2 aromatic heterocycles. The Bertz CT molecular complexity index is 1220. The molecule has 0 fully saturated rings. The fourth-order valence-corrected chi connectivity index (χ4v) is 3.21. The summed E-state index contributed by atoms with van der Waals surface area (Å²) < 4.78 is 8.98. The predicted molar refractivity (Wildman–Crippen MR) is 117 cm³/mol. The van der Waals surface area contributed by atoms with Crippen molar-refractivity contribution in [2.75, 3.05) is 5.32 Å². The lowest BCUT2D eigenvalue weighted by Crippen LogP contribution is -1.99. The van der Waals surface area contributed by atoms with E-state index in [1.54, 1.807) is 18.3 Å². The van der Waals surface area contributed by atoms with Gasteiger partial charge in [0.15, 0.2) is 0 Å². The third kappa shape index (κ3) is 4.07. The fourth-order valence-electron chi connectivity index (χ4n) is 2.96. The van der Waals surface area contributed by atoms with Gasteiger partial charge >= 0.3 is 0 Å². The average molecular weight is 452 g/mol. The van der Waals surface area contributed by atoms with Crippen LogP contribution in [0.3, 0.4) is 0 Å². The first-order valence-electron chi connectivity index (χ1n) is 8.84. The Hall–Kier alpha value is -3.39. The first kappa shape index (κ1) is 18.9. The van der Waals surface area contributed by atoms with Crippen molar-refractivity contribution in [3.05, 3.63) is 70.5 Å². The third-order valence-electron chi connectivity index (χ3n) is 4.44. The molecule has 0 spiro atoms. The van der Waals surface area contributed by atoms with E-state index in [4.69, 9.17) is 14.9 Å². The van der Waals surface area contributed by atoms with Gasteiger partial charge in [0, 0.05) is 35.5 Å². The standard InChI is InChI=1S/C21H18BrN5O2/c1-13-9-14(3-5-18(13)22)25-21-26-19-11-16(4-6-20(19)27(21)2)29-17-7-8-23-15(10-17)12-24-28/h3-12,28H,1-2H3,(H,25,26). The summed E-state index contributed by atoms with van der Waals surface area (Å²) in [7, 11) is 1.97. The Kier molecular flexibility index (Phi) is 5.18. The summed E-state index contributed by atoms with van der Waals surface area (Å²) >= 11 is 3.52. The molecule has 4 aromatic rings. The number of nitrogens with one attached hydrogen (secondary N) is 1. The Labute approximate surface area is 175 Å². The van der Waals surface area contributed by atoms with E-state index in [0.717, 1.165) is 32.7 Å². The molecular formula is C21H18BrN5O2. The number of rotatable bonds is 5. The predicted octanol–water partition coefficient (Wildman–Crippen LogP) is 5.38. The van der Waals surface area contributed by atoms with Gasteiger partial charge in [-0.2, -0.15) is 0 Å². The van der Waals surface area contributed by atoms with Gasteiger partial charge in [0.1, 0.15) is 11.5 Å². The van der Waals surface area contributed by atoms with E-state index in [1.807, 2.05) is 48.9 Å². The molecule has 0 saturated carbocycles. The van der Waals surface area contributed by atoms with Gasteiger partial charge in [0.2, 0.25) is 5.95 Å². The molecule has 0 atom stereocenters. The quantitative estimate of drug-likeness (QED) is 0.241. The van der Waals surface area contributed by atoms with E-state index in [0.29, 0.717) is 17.2 Å². The summed E-state index contributed by atoms with van der Waals surface area (Å²) in [5.74, 6) is 1.98. The summed E-state index contributed by atoms with van der Waals surface area (Å²) in [6.07, 6.45) is 2.84. The minimum atomic E-state index is 0.500. The topological polar surface area (TPSA) is 84.6 Å². The summed E-state index contributed by atoms with van der Waals surface area (Å²) in [4.78, 5) is 8.77. The largest absolute Gasteiger partial charge is 0.457 e. The van der Waals surface area contributed by atoms with Crippen LogP contribution in [0, 0.1) is 6.92 Å². The number of pyridine rings is 1. The van der Waals surface area contributed by atoms with E-state index >= 15 is 0 Å². The van der Waals surface area contributed by atoms with Crippen LogP contribution in [0.5, 0.6) is 11.5 Å². The van der Waals surface area contributed by atoms with Gasteiger partial charge in [-0.3, -0.25) is 4.98 Å². The van der Waals surface area contributed by atoms with Crippen LogP contribution in [-0.4, -0.2) is 26.0 Å². The van der Waals surface area contributed by atoms with Crippen molar-refractivity contribution in [2.24, 2.45) is 12.2 Å². The summed E-state index contributed by atoms with van der Waals surface area (Å²) in [6.45, 7) is 2.05. The summed E-state index contributed by atoms with van der Waals surface area (Å²) in [5, 5.41) is 15.0. The highest BCUT2D eigenvalue weighted by molar-refractivity contribution is 9.10. The number of nitrogens with zero attached hydrogens (tertiary/aromatic N) is 4. The number of hydrogen-bond acceptors (Lipinski definition) is 6. The van der Waals surface area contributed by atoms with Crippen molar-refractivity contribution in [1.29, 1.82) is 0 Å². The molecule has 8 heteroatoms. The Morgan fingerprint density at radius 3 is 2.76 bits per heavy atom. The van der Waals surface area contributed by atoms with Crippen LogP contribution in [0.4, 0.5) is 11.6 Å². The van der Waals surface area contributed by atoms with E-state index < -0.39 is 0 Å². The number of aromatic nitrogens is 3. The maximum Gasteiger partial charge on any atom is 0.208 e. The van der Waals surface area contributed by atoms with Gasteiger partial charge in [-0.15, -0.1) is 0 Å². The highest BCUT2D eigenvalue weighted by Gasteiger charge is 2.10. The minimum absolute atomic E-state index is 0.500. The molecule has 4 rings (SSSR count). The maximum atomic E-state index is 8.65. The first-order chi connectivity index (χ1) is 14.0. The van der Waals surface area contributed by atoms with Crippen LogP contribution < -0.4 is 10.1 Å². The molecule has 0 unspecified atom stereocenters. The van der Waals surface area contributed by atoms with E-state index in [-0.39, 0.29) is 0 Å². The number of halogens is 1. The number of aryl methyl sites for hydroxylation is 2. The summed E-state index contributed by atoms with van der Waals surface area (Å²) in [5.41, 5.74) is 4.41. The summed E-state index contributed by atoms with van der Waals surface area (Å²) in [6, 6.07) is 15.2. The highest BCUT2D eigenvalue weighted by atomic mass is 79.9. The number of anilines is 2. The third-order valence-corrected chi connectivity index (χ3v) is 5.33. The second-order valence-electron chi connectivity index (χ2n) is 6.50. The van der Waals surface area contributed by atoms with Gasteiger partial charge in [0.25, 0.3) is 0 Å². The minimum Gasteiger partial charge on any atom is -0.457 e. The zero-order valence-electron chi connectivity index (χ0n) is 15.8. The Morgan fingerprint density at radius 2 is 1.97 bits per heavy atom. The van der Waals surface area contributed by atoms with Gasteiger partial charge in [-0.1, -0.05) is 21.1 Å². The maximum absolute atomic E-state index is 8.65. The van der Waals surface area contributed by atoms with E-state index in [9.17, 15) is 0 Å². The van der Waals surface area contributed by atoms with Gasteiger partial charge in [-0.25, -0.2) is 4.98 Å². The van der Waals surface area contributed by atoms with Gasteiger partial charge < -0.3 is 19.8 Å². The lowest BCUT2D eigenvalue weighted by atomic mass is 10.2. The normalized spacial score (nSPS) is 11.3. The molecule has 146 valence electrons. The molecule has 0 saturated heterocycles. The number of fused-ring (bicyclic) bond motifs is 1. The lowest BCUT2D eigenvalue weighted by molar-refractivity contribution is 0.321. The second kappa shape index (κ2) is 7.92. The fraction of sp³-hybridized carbons (Fsp3) is 0.0952. The SMILES string of the molecule is Cc1cc(Nc2nc3cc(Oc4ccnc(C=NO)c4)ccc3n2C)ccc1Br. The van der Waals surface area contributed by atoms with Crippen molar-refractivity contribution < 1.29 is 9.94 Å². The molecule has 0 aliphatic heterocycles. The number of imidazole rings is 1. The van der Waals surface area contributed by atoms with Crippen LogP contribution in [0.2, 0.25) is 0 Å². The molecule has 2 N–H and O–H groups in total. The first-order valence-corrected chi connectivity index (χ1v) is 9.64. The van der Waals surface area contributed by atoms with Gasteiger partial charge in [0.05, 0.1) is 22.9 Å². The molecule has 2 aromatic carbocycles. The number of hydrogen-bond donors (Lipinski definition) is 2. The van der Waals surface area contributed by atoms with E-state index in [2.05, 4.69) is 37.5 Å². The molecule has 0 aliphatic rings. The van der Waals surface area contributed by atoms with Crippen molar-refractivity contribution in [3.63, 3.8) is 0 Å². The molecule has 7 nitrogen and oxygen atoms in total. The van der Waals surface area contributed by atoms with Crippen molar-refractivity contribution in [3.8, 4) is 11.5 Å². The van der Waals surface area contributed by atoms with Crippen molar-refractivity contribution >= 4 is 44.8 Å². The molecule has 2 heterocycles. The molecular weight excluding hydrogens is 434 g/mol. The van der Waals surface area contributed by atoms with E-state index in [1.165, 1.54) is 6.21 Å². The molecule has 0 radical (unpaired) electrons. The zero-order chi connectivity index (χ0) is 20.4. The molecule has 0 bridgehead atoms. The lowest BCUT2D eigenvalue weighted by Gasteiger charge is -2.08. The Morgan fingerprint density at radius 1 is 1.14 bits per heavy atom. The van der Waals surface area contributed by atoms with Gasteiger partial charge in [-0.05, 0) is 48.9 Å². The molecule has 0 aliphatic carbocycles. The van der Waals surface area contributed by atoms with Crippen LogP contribution in [0.15, 0.2) is 64.4 Å². The average Bonchev–Trinajstić information content (AvgIpc) is 3.00. The van der Waals surface area contributed by atoms with Crippen LogP contribution >= 0.6 is 15.9 Å². The molecule has 29 heavy (non-hydrogen) atoms. The monoisotopic (exact) mass is 451 g/mol. The zero-order valence-corrected chi connectivity index (χ0v) is 17.4. The van der Waals surface area contributed by atoms with Crippen LogP contribution in [0.25, 0.3) is 11.0 Å². The number of ether oxygens (including phenoxy) is 1. The van der Waals surface area contributed by atoms with Crippen molar-refractivity contribution in [2.45, 2.75) is 6.92 Å². The number of benzene rings is 2. The van der Waals surface area contributed by atoms with Crippen molar-refractivity contribution in [1.82, 2.24) is 14.5 Å². The second-order valence-corrected chi connectivity index (χ2v) is 7.35.